The summed E-state index contributed by atoms with van der Waals surface area (Å²) in [4.78, 5) is 12.1. The minimum absolute atomic E-state index is 0.0536. The molecule has 7 nitrogen and oxygen atoms in total. The maximum absolute atomic E-state index is 12.1. The summed E-state index contributed by atoms with van der Waals surface area (Å²) in [5, 5.41) is 17.6. The lowest BCUT2D eigenvalue weighted by atomic mass is 10.1. The number of nitrogens with one attached hydrogen (secondary N) is 2. The summed E-state index contributed by atoms with van der Waals surface area (Å²) in [6.45, 7) is 1.52. The molecule has 1 amide bonds. The van der Waals surface area contributed by atoms with Crippen LogP contribution in [-0.2, 0) is 11.2 Å². The second-order valence-electron chi connectivity index (χ2n) is 6.59. The number of hydrogen-bond acceptors (Lipinski definition) is 5. The second kappa shape index (κ2) is 9.27. The van der Waals surface area contributed by atoms with Crippen molar-refractivity contribution in [3.8, 4) is 5.69 Å². The van der Waals surface area contributed by atoms with Gasteiger partial charge in [-0.3, -0.25) is 4.79 Å². The average Bonchev–Trinajstić information content (AvgIpc) is 3.04. The third-order valence-electron chi connectivity index (χ3n) is 4.65. The first-order valence-electron chi connectivity index (χ1n) is 9.13. The summed E-state index contributed by atoms with van der Waals surface area (Å²) in [5.74, 6) is 0.0536. The van der Waals surface area contributed by atoms with Gasteiger partial charge in [-0.15, -0.1) is 5.10 Å². The number of amides is 1. The second-order valence-corrected chi connectivity index (χ2v) is 6.59. The highest BCUT2D eigenvalue weighted by molar-refractivity contribution is 5.78. The van der Waals surface area contributed by atoms with Gasteiger partial charge >= 0.3 is 0 Å². The first-order valence-corrected chi connectivity index (χ1v) is 9.13. The molecule has 1 aliphatic rings. The molecule has 1 fully saturated rings. The van der Waals surface area contributed by atoms with Crippen molar-refractivity contribution < 1.29 is 4.79 Å². The van der Waals surface area contributed by atoms with E-state index >= 15 is 0 Å². The Bertz CT molecular complexity index is 632. The van der Waals surface area contributed by atoms with Gasteiger partial charge in [0.05, 0.1) is 12.1 Å². The smallest absolute Gasteiger partial charge is 0.224 e. The number of benzene rings is 1. The van der Waals surface area contributed by atoms with E-state index in [2.05, 4.69) is 26.2 Å². The van der Waals surface area contributed by atoms with Crippen LogP contribution in [0.5, 0.6) is 0 Å². The van der Waals surface area contributed by atoms with Gasteiger partial charge in [-0.05, 0) is 41.0 Å². The summed E-state index contributed by atoms with van der Waals surface area (Å²) in [5.41, 5.74) is 1.85. The van der Waals surface area contributed by atoms with Crippen molar-refractivity contribution in [2.75, 3.05) is 13.1 Å². The van der Waals surface area contributed by atoms with E-state index in [-0.39, 0.29) is 5.91 Å². The molecular weight excluding hydrogens is 316 g/mol. The first-order chi connectivity index (χ1) is 12.3. The molecule has 0 spiro atoms. The molecule has 0 atom stereocenters. The van der Waals surface area contributed by atoms with Gasteiger partial charge in [0.2, 0.25) is 5.91 Å². The standard InChI is InChI=1S/C18H26N6O/c25-18(20-12-11-19-16-5-3-1-2-4-6-16)13-15-7-9-17(10-8-15)24-14-21-22-23-24/h7-10,14,16,19H,1-6,11-13H2,(H,20,25). The predicted molar refractivity (Wildman–Crippen MR) is 95.4 cm³/mol. The Morgan fingerprint density at radius 1 is 1.08 bits per heavy atom. The lowest BCUT2D eigenvalue weighted by molar-refractivity contribution is -0.120. The zero-order valence-corrected chi connectivity index (χ0v) is 14.5. The molecule has 0 aliphatic heterocycles. The molecule has 2 N–H and O–H groups in total. The van der Waals surface area contributed by atoms with E-state index in [1.165, 1.54) is 38.5 Å². The lowest BCUT2D eigenvalue weighted by Gasteiger charge is -2.16. The number of aromatic nitrogens is 4. The average molecular weight is 342 g/mol. The molecule has 0 saturated heterocycles. The van der Waals surface area contributed by atoms with Gasteiger partial charge in [0.25, 0.3) is 0 Å². The van der Waals surface area contributed by atoms with E-state index in [0.29, 0.717) is 19.0 Å². The topological polar surface area (TPSA) is 84.7 Å². The van der Waals surface area contributed by atoms with Crippen LogP contribution in [0.1, 0.15) is 44.1 Å². The SMILES string of the molecule is O=C(Cc1ccc(-n2cnnn2)cc1)NCCNC1CCCCCC1. The number of rotatable bonds is 7. The Hall–Kier alpha value is -2.28. The summed E-state index contributed by atoms with van der Waals surface area (Å²) < 4.78 is 1.59. The molecule has 1 saturated carbocycles. The molecule has 1 aromatic carbocycles. The zero-order chi connectivity index (χ0) is 17.3. The number of carbonyl (C=O) groups is 1. The minimum atomic E-state index is 0.0536. The largest absolute Gasteiger partial charge is 0.355 e. The van der Waals surface area contributed by atoms with Crippen LogP contribution < -0.4 is 10.6 Å². The highest BCUT2D eigenvalue weighted by Crippen LogP contribution is 2.16. The van der Waals surface area contributed by atoms with Crippen molar-refractivity contribution in [1.82, 2.24) is 30.8 Å². The van der Waals surface area contributed by atoms with E-state index in [4.69, 9.17) is 0 Å². The number of hydrogen-bond donors (Lipinski definition) is 2. The summed E-state index contributed by atoms with van der Waals surface area (Å²) in [6.07, 6.45) is 9.84. The fraction of sp³-hybridized carbons (Fsp3) is 0.556. The monoisotopic (exact) mass is 342 g/mol. The molecule has 1 aromatic heterocycles. The van der Waals surface area contributed by atoms with Gasteiger partial charge in [0.15, 0.2) is 0 Å². The van der Waals surface area contributed by atoms with Crippen LogP contribution in [-0.4, -0.2) is 45.2 Å². The van der Waals surface area contributed by atoms with Crippen LogP contribution in [0.15, 0.2) is 30.6 Å². The molecular formula is C18H26N6O. The van der Waals surface area contributed by atoms with E-state index in [0.717, 1.165) is 17.8 Å². The summed E-state index contributed by atoms with van der Waals surface area (Å²) >= 11 is 0. The molecule has 0 radical (unpaired) electrons. The molecule has 1 aliphatic carbocycles. The lowest BCUT2D eigenvalue weighted by Crippen LogP contribution is -2.37. The van der Waals surface area contributed by atoms with Crippen LogP contribution in [0.3, 0.4) is 0 Å². The Labute approximate surface area is 148 Å². The minimum Gasteiger partial charge on any atom is -0.355 e. The quantitative estimate of drug-likeness (QED) is 0.590. The Morgan fingerprint density at radius 3 is 2.52 bits per heavy atom. The maximum Gasteiger partial charge on any atom is 0.224 e. The summed E-state index contributed by atoms with van der Waals surface area (Å²) in [7, 11) is 0. The first kappa shape index (κ1) is 17.5. The fourth-order valence-corrected chi connectivity index (χ4v) is 3.26. The van der Waals surface area contributed by atoms with Gasteiger partial charge in [0, 0.05) is 19.1 Å². The van der Waals surface area contributed by atoms with Crippen molar-refractivity contribution in [2.45, 2.75) is 51.0 Å². The van der Waals surface area contributed by atoms with E-state index < -0.39 is 0 Å². The van der Waals surface area contributed by atoms with E-state index in [1.54, 1.807) is 11.0 Å². The van der Waals surface area contributed by atoms with Crippen molar-refractivity contribution >= 4 is 5.91 Å². The molecule has 0 bridgehead atoms. The van der Waals surface area contributed by atoms with Crippen LogP contribution in [0.2, 0.25) is 0 Å². The highest BCUT2D eigenvalue weighted by Gasteiger charge is 2.11. The Morgan fingerprint density at radius 2 is 1.84 bits per heavy atom. The third kappa shape index (κ3) is 5.63. The van der Waals surface area contributed by atoms with Crippen LogP contribution in [0.4, 0.5) is 0 Å². The van der Waals surface area contributed by atoms with Gasteiger partial charge in [0.1, 0.15) is 6.33 Å². The highest BCUT2D eigenvalue weighted by atomic mass is 16.1. The van der Waals surface area contributed by atoms with Crippen molar-refractivity contribution in [3.63, 3.8) is 0 Å². The molecule has 134 valence electrons. The molecule has 2 aromatic rings. The van der Waals surface area contributed by atoms with E-state index in [9.17, 15) is 4.79 Å². The van der Waals surface area contributed by atoms with Crippen molar-refractivity contribution in [1.29, 1.82) is 0 Å². The number of nitrogens with zero attached hydrogens (tertiary/aromatic N) is 4. The zero-order valence-electron chi connectivity index (χ0n) is 14.5. The van der Waals surface area contributed by atoms with Crippen LogP contribution >= 0.6 is 0 Å². The summed E-state index contributed by atoms with van der Waals surface area (Å²) in [6, 6.07) is 8.30. The Kier molecular flexibility index (Phi) is 6.50. The molecule has 25 heavy (non-hydrogen) atoms. The maximum atomic E-state index is 12.1. The van der Waals surface area contributed by atoms with Gasteiger partial charge in [-0.25, -0.2) is 4.68 Å². The number of carbonyl (C=O) groups excluding carboxylic acids is 1. The molecule has 1 heterocycles. The van der Waals surface area contributed by atoms with Crippen LogP contribution in [0.25, 0.3) is 5.69 Å². The van der Waals surface area contributed by atoms with Crippen molar-refractivity contribution in [2.24, 2.45) is 0 Å². The molecule has 3 rings (SSSR count). The van der Waals surface area contributed by atoms with Gasteiger partial charge in [-0.1, -0.05) is 37.8 Å². The normalized spacial score (nSPS) is 15.7. The predicted octanol–water partition coefficient (Wildman–Crippen LogP) is 1.63. The van der Waals surface area contributed by atoms with Gasteiger partial charge in [-0.2, -0.15) is 0 Å². The van der Waals surface area contributed by atoms with Crippen molar-refractivity contribution in [3.05, 3.63) is 36.2 Å². The molecule has 0 unspecified atom stereocenters. The van der Waals surface area contributed by atoms with Crippen LogP contribution in [0, 0.1) is 0 Å². The van der Waals surface area contributed by atoms with E-state index in [1.807, 2.05) is 24.3 Å². The third-order valence-corrected chi connectivity index (χ3v) is 4.65. The fourth-order valence-electron chi connectivity index (χ4n) is 3.26. The Balaban J connectivity index is 1.36. The van der Waals surface area contributed by atoms with Gasteiger partial charge < -0.3 is 10.6 Å². The molecule has 7 heteroatoms. The number of tetrazole rings is 1.